The van der Waals surface area contributed by atoms with Crippen LogP contribution >= 0.6 is 0 Å². The maximum absolute atomic E-state index is 11.4. The van der Waals surface area contributed by atoms with Crippen molar-refractivity contribution in [2.24, 2.45) is 5.92 Å². The first kappa shape index (κ1) is 13.6. The Labute approximate surface area is 102 Å². The normalized spacial score (nSPS) is 16.2. The van der Waals surface area contributed by atoms with Crippen LogP contribution in [-0.2, 0) is 10.3 Å². The second kappa shape index (κ2) is 5.77. The van der Waals surface area contributed by atoms with Crippen LogP contribution in [0.15, 0.2) is 24.5 Å². The Balaban J connectivity index is 2.87. The van der Waals surface area contributed by atoms with Crippen LogP contribution in [0.1, 0.15) is 32.8 Å². The zero-order valence-electron chi connectivity index (χ0n) is 10.6. The highest BCUT2D eigenvalue weighted by Gasteiger charge is 2.34. The summed E-state index contributed by atoms with van der Waals surface area (Å²) in [7, 11) is 0. The summed E-state index contributed by atoms with van der Waals surface area (Å²) in [6, 6.07) is 3.47. The molecular formula is C13H20N2O2. The highest BCUT2D eigenvalue weighted by atomic mass is 16.4. The lowest BCUT2D eigenvalue weighted by atomic mass is 9.92. The second-order valence-electron chi connectivity index (χ2n) is 4.56. The number of nitrogens with zero attached hydrogens (tertiary/aromatic N) is 1. The summed E-state index contributed by atoms with van der Waals surface area (Å²) in [5.74, 6) is -0.414. The quantitative estimate of drug-likeness (QED) is 0.793. The van der Waals surface area contributed by atoms with E-state index in [1.54, 1.807) is 31.5 Å². The number of carbonyl (C=O) groups is 1. The van der Waals surface area contributed by atoms with E-state index in [0.29, 0.717) is 12.5 Å². The van der Waals surface area contributed by atoms with Gasteiger partial charge in [0.2, 0.25) is 0 Å². The van der Waals surface area contributed by atoms with E-state index in [4.69, 9.17) is 0 Å². The molecule has 0 aliphatic heterocycles. The summed E-state index contributed by atoms with van der Waals surface area (Å²) in [4.78, 5) is 15.3. The van der Waals surface area contributed by atoms with Crippen LogP contribution in [0.4, 0.5) is 0 Å². The van der Waals surface area contributed by atoms with Gasteiger partial charge in [-0.1, -0.05) is 20.3 Å². The average Bonchev–Trinajstić information content (AvgIpc) is 2.36. The molecule has 0 amide bonds. The summed E-state index contributed by atoms with van der Waals surface area (Å²) in [6.45, 7) is 6.56. The van der Waals surface area contributed by atoms with Crippen LogP contribution in [0.3, 0.4) is 0 Å². The van der Waals surface area contributed by atoms with Gasteiger partial charge in [0, 0.05) is 12.4 Å². The van der Waals surface area contributed by atoms with Gasteiger partial charge in [0.1, 0.15) is 5.54 Å². The number of carboxylic acid groups (broad SMARTS) is 1. The van der Waals surface area contributed by atoms with Gasteiger partial charge >= 0.3 is 5.97 Å². The molecule has 0 aromatic carbocycles. The van der Waals surface area contributed by atoms with Crippen LogP contribution in [0.5, 0.6) is 0 Å². The van der Waals surface area contributed by atoms with Gasteiger partial charge in [-0.05, 0) is 37.1 Å². The zero-order valence-corrected chi connectivity index (χ0v) is 10.6. The maximum atomic E-state index is 11.4. The zero-order chi connectivity index (χ0) is 12.9. The van der Waals surface area contributed by atoms with Crippen molar-refractivity contribution in [3.63, 3.8) is 0 Å². The van der Waals surface area contributed by atoms with Gasteiger partial charge in [0.25, 0.3) is 0 Å². The van der Waals surface area contributed by atoms with Crippen molar-refractivity contribution < 1.29 is 9.90 Å². The minimum absolute atomic E-state index is 0.454. The Morgan fingerprint density at radius 1 is 1.53 bits per heavy atom. The SMILES string of the molecule is CCC(C)CNC(C)(C(=O)O)c1ccncc1. The molecule has 1 rings (SSSR count). The predicted molar refractivity (Wildman–Crippen MR) is 66.7 cm³/mol. The fourth-order valence-corrected chi connectivity index (χ4v) is 1.51. The minimum Gasteiger partial charge on any atom is -0.480 e. The summed E-state index contributed by atoms with van der Waals surface area (Å²) >= 11 is 0. The van der Waals surface area contributed by atoms with E-state index < -0.39 is 11.5 Å². The van der Waals surface area contributed by atoms with Crippen molar-refractivity contribution in [3.8, 4) is 0 Å². The number of aliphatic carboxylic acids is 1. The standard InChI is InChI=1S/C13H20N2O2/c1-4-10(2)9-15-13(3,12(16)17)11-5-7-14-8-6-11/h5-8,10,15H,4,9H2,1-3H3,(H,16,17). The summed E-state index contributed by atoms with van der Waals surface area (Å²) in [5.41, 5.74) is -0.324. The minimum atomic E-state index is -1.05. The van der Waals surface area contributed by atoms with Gasteiger partial charge in [-0.3, -0.25) is 10.3 Å². The molecule has 0 aliphatic rings. The van der Waals surface area contributed by atoms with Crippen LogP contribution in [0.25, 0.3) is 0 Å². The smallest absolute Gasteiger partial charge is 0.328 e. The van der Waals surface area contributed by atoms with Crippen molar-refractivity contribution in [3.05, 3.63) is 30.1 Å². The molecule has 1 aromatic heterocycles. The second-order valence-corrected chi connectivity index (χ2v) is 4.56. The topological polar surface area (TPSA) is 62.2 Å². The number of rotatable bonds is 6. The molecule has 0 saturated carbocycles. The van der Waals surface area contributed by atoms with E-state index in [9.17, 15) is 9.90 Å². The van der Waals surface area contributed by atoms with E-state index >= 15 is 0 Å². The summed E-state index contributed by atoms with van der Waals surface area (Å²) in [5, 5.41) is 12.5. The molecule has 1 heterocycles. The molecule has 0 saturated heterocycles. The van der Waals surface area contributed by atoms with Gasteiger partial charge in [-0.25, -0.2) is 4.79 Å². The largest absolute Gasteiger partial charge is 0.480 e. The number of hydrogen-bond acceptors (Lipinski definition) is 3. The number of hydrogen-bond donors (Lipinski definition) is 2. The molecule has 4 nitrogen and oxygen atoms in total. The molecule has 0 fully saturated rings. The Kier molecular flexibility index (Phi) is 4.63. The Hall–Kier alpha value is -1.42. The van der Waals surface area contributed by atoms with Crippen LogP contribution in [-0.4, -0.2) is 22.6 Å². The third-order valence-corrected chi connectivity index (χ3v) is 3.19. The predicted octanol–water partition coefficient (Wildman–Crippen LogP) is 2.02. The van der Waals surface area contributed by atoms with Crippen molar-refractivity contribution in [1.82, 2.24) is 10.3 Å². The third kappa shape index (κ3) is 3.27. The van der Waals surface area contributed by atoms with E-state index in [1.807, 2.05) is 0 Å². The van der Waals surface area contributed by atoms with Crippen molar-refractivity contribution >= 4 is 5.97 Å². The van der Waals surface area contributed by atoms with Gasteiger partial charge in [-0.2, -0.15) is 0 Å². The molecule has 94 valence electrons. The summed E-state index contributed by atoms with van der Waals surface area (Å²) in [6.07, 6.45) is 4.25. The highest BCUT2D eigenvalue weighted by molar-refractivity contribution is 5.80. The molecular weight excluding hydrogens is 216 g/mol. The molecule has 0 spiro atoms. The van der Waals surface area contributed by atoms with E-state index in [-0.39, 0.29) is 0 Å². The highest BCUT2D eigenvalue weighted by Crippen LogP contribution is 2.20. The number of aromatic nitrogens is 1. The molecule has 2 atom stereocenters. The van der Waals surface area contributed by atoms with Crippen LogP contribution in [0, 0.1) is 5.92 Å². The van der Waals surface area contributed by atoms with E-state index in [2.05, 4.69) is 24.1 Å². The van der Waals surface area contributed by atoms with Gasteiger partial charge in [-0.15, -0.1) is 0 Å². The Morgan fingerprint density at radius 2 is 2.12 bits per heavy atom. The fraction of sp³-hybridized carbons (Fsp3) is 0.538. The first-order valence-electron chi connectivity index (χ1n) is 5.89. The lowest BCUT2D eigenvalue weighted by Crippen LogP contribution is -2.48. The lowest BCUT2D eigenvalue weighted by molar-refractivity contribution is -0.144. The van der Waals surface area contributed by atoms with Crippen LogP contribution < -0.4 is 5.32 Å². The molecule has 17 heavy (non-hydrogen) atoms. The van der Waals surface area contributed by atoms with E-state index in [1.165, 1.54) is 0 Å². The molecule has 2 unspecified atom stereocenters. The van der Waals surface area contributed by atoms with Gasteiger partial charge in [0.05, 0.1) is 0 Å². The third-order valence-electron chi connectivity index (χ3n) is 3.19. The Bertz CT molecular complexity index is 367. The van der Waals surface area contributed by atoms with Gasteiger partial charge in [0.15, 0.2) is 0 Å². The van der Waals surface area contributed by atoms with E-state index in [0.717, 1.165) is 12.0 Å². The molecule has 0 bridgehead atoms. The number of nitrogens with one attached hydrogen (secondary N) is 1. The van der Waals surface area contributed by atoms with Crippen molar-refractivity contribution in [2.45, 2.75) is 32.7 Å². The number of carboxylic acids is 1. The number of pyridine rings is 1. The van der Waals surface area contributed by atoms with Gasteiger partial charge < -0.3 is 5.11 Å². The Morgan fingerprint density at radius 3 is 2.59 bits per heavy atom. The molecule has 4 heteroatoms. The summed E-state index contributed by atoms with van der Waals surface area (Å²) < 4.78 is 0. The first-order chi connectivity index (χ1) is 8.00. The molecule has 1 aromatic rings. The lowest BCUT2D eigenvalue weighted by Gasteiger charge is -2.28. The van der Waals surface area contributed by atoms with Crippen molar-refractivity contribution in [2.75, 3.05) is 6.54 Å². The molecule has 0 aliphatic carbocycles. The molecule has 2 N–H and O–H groups in total. The average molecular weight is 236 g/mol. The molecule has 0 radical (unpaired) electrons. The fourth-order valence-electron chi connectivity index (χ4n) is 1.51. The monoisotopic (exact) mass is 236 g/mol. The van der Waals surface area contributed by atoms with Crippen molar-refractivity contribution in [1.29, 1.82) is 0 Å². The van der Waals surface area contributed by atoms with Crippen LogP contribution in [0.2, 0.25) is 0 Å². The maximum Gasteiger partial charge on any atom is 0.328 e. The first-order valence-corrected chi connectivity index (χ1v) is 5.89.